The molecule has 2 heteroatoms. The normalized spacial score (nSPS) is 31.5. The topological polar surface area (TPSA) is 25.8 Å². The Morgan fingerprint density at radius 3 is 2.47 bits per heavy atom. The number of hydrogen-bond donors (Lipinski definition) is 1. The van der Waals surface area contributed by atoms with Crippen molar-refractivity contribution in [3.8, 4) is 0 Å². The summed E-state index contributed by atoms with van der Waals surface area (Å²) >= 11 is 0. The van der Waals surface area contributed by atoms with Gasteiger partial charge < -0.3 is 10.1 Å². The zero-order chi connectivity index (χ0) is 12.9. The highest BCUT2D eigenvalue weighted by Crippen LogP contribution is 2.31. The van der Waals surface area contributed by atoms with Crippen LogP contribution in [0.2, 0.25) is 0 Å². The summed E-state index contributed by atoms with van der Waals surface area (Å²) in [5.74, 6) is 0.800. The van der Waals surface area contributed by atoms with Crippen molar-refractivity contribution >= 4 is 0 Å². The van der Waals surface area contributed by atoms with Gasteiger partial charge in [0.25, 0.3) is 0 Å². The molecule has 1 saturated carbocycles. The second-order valence-electron chi connectivity index (χ2n) is 6.13. The number of quaternary nitrogens is 1. The van der Waals surface area contributed by atoms with E-state index in [9.17, 15) is 0 Å². The average molecular weight is 260 g/mol. The molecule has 0 bridgehead atoms. The van der Waals surface area contributed by atoms with E-state index in [2.05, 4.69) is 35.6 Å². The Morgan fingerprint density at radius 1 is 1.00 bits per heavy atom. The number of benzene rings is 1. The Hall–Kier alpha value is -0.860. The smallest absolute Gasteiger partial charge is 0.106 e. The fourth-order valence-corrected chi connectivity index (χ4v) is 3.59. The maximum atomic E-state index is 5.70. The molecule has 2 aliphatic rings. The molecule has 2 N–H and O–H groups in total. The van der Waals surface area contributed by atoms with E-state index in [0.717, 1.165) is 18.6 Å². The maximum Gasteiger partial charge on any atom is 0.106 e. The molecule has 2 nitrogen and oxygen atoms in total. The van der Waals surface area contributed by atoms with Gasteiger partial charge in [-0.2, -0.15) is 0 Å². The van der Waals surface area contributed by atoms with Crippen LogP contribution in [-0.4, -0.2) is 25.3 Å². The summed E-state index contributed by atoms with van der Waals surface area (Å²) in [5.41, 5.74) is 1.54. The SMILES string of the molecule is c1ccc(C2CCC([NH2+]C[C@H]3CCCO3)CC2)cc1. The van der Waals surface area contributed by atoms with E-state index in [0.29, 0.717) is 6.10 Å². The molecule has 0 amide bonds. The van der Waals surface area contributed by atoms with Crippen LogP contribution in [0, 0.1) is 0 Å². The van der Waals surface area contributed by atoms with E-state index in [1.165, 1.54) is 45.1 Å². The zero-order valence-electron chi connectivity index (χ0n) is 11.8. The minimum atomic E-state index is 0.534. The van der Waals surface area contributed by atoms with Crippen molar-refractivity contribution in [2.45, 2.75) is 56.6 Å². The third-order valence-corrected chi connectivity index (χ3v) is 4.80. The van der Waals surface area contributed by atoms with E-state index in [1.807, 2.05) is 0 Å². The summed E-state index contributed by atoms with van der Waals surface area (Å²) in [6.07, 6.45) is 8.52. The zero-order valence-corrected chi connectivity index (χ0v) is 11.8. The van der Waals surface area contributed by atoms with E-state index < -0.39 is 0 Å². The van der Waals surface area contributed by atoms with E-state index in [1.54, 1.807) is 5.56 Å². The number of hydrogen-bond acceptors (Lipinski definition) is 1. The predicted octanol–water partition coefficient (Wildman–Crippen LogP) is 2.46. The van der Waals surface area contributed by atoms with Crippen LogP contribution in [0.1, 0.15) is 50.0 Å². The van der Waals surface area contributed by atoms with Crippen molar-refractivity contribution in [2.75, 3.05) is 13.2 Å². The summed E-state index contributed by atoms with van der Waals surface area (Å²) in [6.45, 7) is 2.17. The monoisotopic (exact) mass is 260 g/mol. The van der Waals surface area contributed by atoms with Crippen LogP contribution < -0.4 is 5.32 Å². The van der Waals surface area contributed by atoms with Crippen molar-refractivity contribution in [1.82, 2.24) is 0 Å². The molecule has 1 aromatic carbocycles. The van der Waals surface area contributed by atoms with Crippen LogP contribution in [0.5, 0.6) is 0 Å². The first-order chi connectivity index (χ1) is 9.42. The Balaban J connectivity index is 1.42. The Labute approximate surface area is 116 Å². The van der Waals surface area contributed by atoms with Crippen molar-refractivity contribution in [2.24, 2.45) is 0 Å². The van der Waals surface area contributed by atoms with Crippen LogP contribution in [0.3, 0.4) is 0 Å². The molecule has 1 aliphatic heterocycles. The molecular weight excluding hydrogens is 234 g/mol. The van der Waals surface area contributed by atoms with Gasteiger partial charge in [0.15, 0.2) is 0 Å². The largest absolute Gasteiger partial charge is 0.372 e. The van der Waals surface area contributed by atoms with Crippen LogP contribution in [0.4, 0.5) is 0 Å². The Bertz CT molecular complexity index is 364. The average Bonchev–Trinajstić information content (AvgIpc) is 3.00. The van der Waals surface area contributed by atoms with Gasteiger partial charge in [-0.3, -0.25) is 0 Å². The van der Waals surface area contributed by atoms with Crippen LogP contribution in [0.25, 0.3) is 0 Å². The lowest BCUT2D eigenvalue weighted by Gasteiger charge is -2.28. The van der Waals surface area contributed by atoms with Gasteiger partial charge in [0.1, 0.15) is 12.6 Å². The summed E-state index contributed by atoms with van der Waals surface area (Å²) in [6, 6.07) is 11.9. The molecule has 0 aromatic heterocycles. The highest BCUT2D eigenvalue weighted by atomic mass is 16.5. The lowest BCUT2D eigenvalue weighted by Crippen LogP contribution is -2.92. The fraction of sp³-hybridized carbons (Fsp3) is 0.647. The van der Waals surface area contributed by atoms with Crippen LogP contribution in [-0.2, 0) is 4.74 Å². The van der Waals surface area contributed by atoms with Gasteiger partial charge in [-0.1, -0.05) is 30.3 Å². The van der Waals surface area contributed by atoms with Crippen molar-refractivity contribution < 1.29 is 10.1 Å². The summed E-state index contributed by atoms with van der Waals surface area (Å²) in [5, 5.41) is 2.55. The van der Waals surface area contributed by atoms with Gasteiger partial charge in [-0.25, -0.2) is 0 Å². The summed E-state index contributed by atoms with van der Waals surface area (Å²) in [4.78, 5) is 0. The molecule has 1 atom stereocenters. The Kier molecular flexibility index (Phi) is 4.52. The fourth-order valence-electron chi connectivity index (χ4n) is 3.59. The van der Waals surface area contributed by atoms with Gasteiger partial charge in [0.2, 0.25) is 0 Å². The number of rotatable bonds is 4. The van der Waals surface area contributed by atoms with E-state index in [-0.39, 0.29) is 0 Å². The molecule has 1 saturated heterocycles. The van der Waals surface area contributed by atoms with Crippen molar-refractivity contribution in [3.63, 3.8) is 0 Å². The maximum absolute atomic E-state index is 5.70. The molecule has 0 spiro atoms. The van der Waals surface area contributed by atoms with Gasteiger partial charge in [0, 0.05) is 6.61 Å². The number of ether oxygens (including phenoxy) is 1. The van der Waals surface area contributed by atoms with Gasteiger partial charge in [-0.05, 0) is 50.0 Å². The minimum absolute atomic E-state index is 0.534. The van der Waals surface area contributed by atoms with Crippen LogP contribution in [0.15, 0.2) is 30.3 Å². The first-order valence-corrected chi connectivity index (χ1v) is 7.91. The molecule has 3 rings (SSSR count). The van der Waals surface area contributed by atoms with E-state index >= 15 is 0 Å². The van der Waals surface area contributed by atoms with Crippen molar-refractivity contribution in [3.05, 3.63) is 35.9 Å². The first-order valence-electron chi connectivity index (χ1n) is 7.91. The molecule has 0 radical (unpaired) electrons. The standard InChI is InChI=1S/C17H25NO/c1-2-5-14(6-3-1)15-8-10-16(11-9-15)18-13-17-7-4-12-19-17/h1-3,5-6,15-18H,4,7-13H2/p+1/t15?,16?,17-/m1/s1. The highest BCUT2D eigenvalue weighted by Gasteiger charge is 2.26. The van der Waals surface area contributed by atoms with Crippen LogP contribution >= 0.6 is 0 Å². The lowest BCUT2D eigenvalue weighted by molar-refractivity contribution is -0.697. The Morgan fingerprint density at radius 2 is 1.79 bits per heavy atom. The van der Waals surface area contributed by atoms with Gasteiger partial charge in [0.05, 0.1) is 6.04 Å². The lowest BCUT2D eigenvalue weighted by atomic mass is 9.82. The molecule has 19 heavy (non-hydrogen) atoms. The summed E-state index contributed by atoms with van der Waals surface area (Å²) in [7, 11) is 0. The molecule has 2 fully saturated rings. The predicted molar refractivity (Wildman–Crippen MR) is 77.2 cm³/mol. The van der Waals surface area contributed by atoms with E-state index in [4.69, 9.17) is 4.74 Å². The van der Waals surface area contributed by atoms with Crippen molar-refractivity contribution in [1.29, 1.82) is 0 Å². The third-order valence-electron chi connectivity index (χ3n) is 4.80. The molecule has 1 heterocycles. The molecule has 104 valence electrons. The molecule has 1 aromatic rings. The first kappa shape index (κ1) is 13.1. The van der Waals surface area contributed by atoms with Gasteiger partial charge >= 0.3 is 0 Å². The minimum Gasteiger partial charge on any atom is -0.372 e. The summed E-state index contributed by atoms with van der Waals surface area (Å²) < 4.78 is 5.70. The highest BCUT2D eigenvalue weighted by molar-refractivity contribution is 5.19. The second kappa shape index (κ2) is 6.53. The molecular formula is C17H26NO+. The molecule has 1 aliphatic carbocycles. The quantitative estimate of drug-likeness (QED) is 0.884. The third kappa shape index (κ3) is 3.58. The molecule has 0 unspecified atom stereocenters. The van der Waals surface area contributed by atoms with Gasteiger partial charge in [-0.15, -0.1) is 0 Å². The number of nitrogens with two attached hydrogens (primary N) is 1. The second-order valence-corrected chi connectivity index (χ2v) is 6.13.